The average Bonchev–Trinajstić information content (AvgIpc) is 2.80. The number of aryl methyl sites for hydroxylation is 1. The van der Waals surface area contributed by atoms with Crippen LogP contribution in [0.5, 0.6) is 0 Å². The molecule has 0 aromatic heterocycles. The molecule has 8 heteroatoms. The van der Waals surface area contributed by atoms with Gasteiger partial charge in [0.15, 0.2) is 5.11 Å². The van der Waals surface area contributed by atoms with E-state index in [0.717, 1.165) is 30.5 Å². The Hall–Kier alpha value is -0.750. The molecular weight excluding hydrogens is 533 g/mol. The molecule has 0 aliphatic heterocycles. The van der Waals surface area contributed by atoms with Crippen molar-refractivity contribution in [1.82, 2.24) is 10.6 Å². The van der Waals surface area contributed by atoms with Crippen LogP contribution in [-0.2, 0) is 4.79 Å². The highest BCUT2D eigenvalue weighted by Gasteiger charge is 2.34. The molecule has 0 unspecified atom stereocenters. The van der Waals surface area contributed by atoms with E-state index in [1.165, 1.54) is 77.0 Å². The molecule has 36 heavy (non-hydrogen) atoms. The van der Waals surface area contributed by atoms with Gasteiger partial charge in [-0.05, 0) is 43.3 Å². The third kappa shape index (κ3) is 17.7. The van der Waals surface area contributed by atoms with E-state index in [2.05, 4.69) is 22.9 Å². The molecule has 0 spiro atoms. The van der Waals surface area contributed by atoms with Crippen molar-refractivity contribution in [2.75, 3.05) is 5.32 Å². The number of alkyl halides is 3. The van der Waals surface area contributed by atoms with E-state index in [-0.39, 0.29) is 11.0 Å². The highest BCUT2D eigenvalue weighted by atomic mass is 35.6. The minimum atomic E-state index is -1.75. The summed E-state index contributed by atoms with van der Waals surface area (Å²) in [5, 5.41) is 8.98. The van der Waals surface area contributed by atoms with E-state index in [9.17, 15) is 4.79 Å². The summed E-state index contributed by atoms with van der Waals surface area (Å²) in [6, 6.07) is 7.75. The van der Waals surface area contributed by atoms with Crippen molar-refractivity contribution in [3.8, 4) is 0 Å². The molecule has 1 aromatic carbocycles. The number of thiocarbonyl (C=S) groups is 1. The Morgan fingerprint density at radius 2 is 1.33 bits per heavy atom. The number of unbranched alkanes of at least 4 members (excludes halogenated alkanes) is 14. The van der Waals surface area contributed by atoms with E-state index in [4.69, 9.17) is 47.0 Å². The summed E-state index contributed by atoms with van der Waals surface area (Å²) in [5.41, 5.74) is 1.91. The molecule has 0 aliphatic rings. The molecule has 0 heterocycles. The van der Waals surface area contributed by atoms with Crippen LogP contribution in [0.15, 0.2) is 24.3 Å². The van der Waals surface area contributed by atoms with Crippen molar-refractivity contribution >= 4 is 63.7 Å². The van der Waals surface area contributed by atoms with Crippen LogP contribution in [0.1, 0.15) is 115 Å². The molecule has 0 radical (unpaired) electrons. The maximum Gasteiger partial charge on any atom is 0.228 e. The number of hydrogen-bond acceptors (Lipinski definition) is 2. The SMILES string of the molecule is CCCCCCCCCCCCCCCCCC(=O)N[C@H](NC(=S)Nc1cccc(C)c1)C(Cl)(Cl)Cl. The maximum atomic E-state index is 12.4. The second-order valence-corrected chi connectivity index (χ2v) is 12.5. The van der Waals surface area contributed by atoms with Crippen molar-refractivity contribution in [2.24, 2.45) is 0 Å². The summed E-state index contributed by atoms with van der Waals surface area (Å²) in [6.07, 6.45) is 18.8. The van der Waals surface area contributed by atoms with Gasteiger partial charge in [0.2, 0.25) is 9.70 Å². The fourth-order valence-electron chi connectivity index (χ4n) is 4.11. The highest BCUT2D eigenvalue weighted by Crippen LogP contribution is 2.29. The quantitative estimate of drug-likeness (QED) is 0.0662. The first-order valence-corrected chi connectivity index (χ1v) is 15.3. The lowest BCUT2D eigenvalue weighted by molar-refractivity contribution is -0.122. The summed E-state index contributed by atoms with van der Waals surface area (Å²) >= 11 is 23.6. The van der Waals surface area contributed by atoms with Gasteiger partial charge in [0.25, 0.3) is 0 Å². The molecule has 1 atom stereocenters. The van der Waals surface area contributed by atoms with E-state index in [0.29, 0.717) is 6.42 Å². The summed E-state index contributed by atoms with van der Waals surface area (Å²) < 4.78 is -1.75. The lowest BCUT2D eigenvalue weighted by atomic mass is 10.0. The van der Waals surface area contributed by atoms with Gasteiger partial charge in [0, 0.05) is 12.1 Å². The van der Waals surface area contributed by atoms with Crippen molar-refractivity contribution in [3.05, 3.63) is 29.8 Å². The zero-order chi connectivity index (χ0) is 26.7. The number of carbonyl (C=O) groups is 1. The first kappa shape index (κ1) is 33.3. The van der Waals surface area contributed by atoms with Crippen LogP contribution in [0.4, 0.5) is 5.69 Å². The van der Waals surface area contributed by atoms with E-state index >= 15 is 0 Å². The van der Waals surface area contributed by atoms with Crippen LogP contribution >= 0.6 is 47.0 Å². The Balaban J connectivity index is 2.12. The third-order valence-electron chi connectivity index (χ3n) is 6.19. The van der Waals surface area contributed by atoms with Gasteiger partial charge in [-0.15, -0.1) is 0 Å². The normalized spacial score (nSPS) is 12.2. The topological polar surface area (TPSA) is 53.2 Å². The van der Waals surface area contributed by atoms with E-state index in [1.54, 1.807) is 0 Å². The summed E-state index contributed by atoms with van der Waals surface area (Å²) in [7, 11) is 0. The van der Waals surface area contributed by atoms with Gasteiger partial charge >= 0.3 is 0 Å². The van der Waals surface area contributed by atoms with Crippen molar-refractivity contribution < 1.29 is 4.79 Å². The largest absolute Gasteiger partial charge is 0.339 e. The molecule has 4 nitrogen and oxygen atoms in total. The molecule has 0 aliphatic carbocycles. The van der Waals surface area contributed by atoms with Crippen LogP contribution in [0.2, 0.25) is 0 Å². The predicted octanol–water partition coefficient (Wildman–Crippen LogP) is 9.36. The van der Waals surface area contributed by atoms with Crippen LogP contribution in [0.3, 0.4) is 0 Å². The van der Waals surface area contributed by atoms with E-state index in [1.807, 2.05) is 31.2 Å². The number of hydrogen-bond donors (Lipinski definition) is 3. The Morgan fingerprint density at radius 3 is 1.81 bits per heavy atom. The first-order chi connectivity index (χ1) is 17.2. The Morgan fingerprint density at radius 1 is 0.833 bits per heavy atom. The number of anilines is 1. The Kier molecular flexibility index (Phi) is 18.7. The predicted molar refractivity (Wildman–Crippen MR) is 162 cm³/mol. The van der Waals surface area contributed by atoms with Gasteiger partial charge < -0.3 is 16.0 Å². The van der Waals surface area contributed by atoms with Gasteiger partial charge in [0.05, 0.1) is 0 Å². The molecule has 0 saturated heterocycles. The van der Waals surface area contributed by atoms with Gasteiger partial charge in [0.1, 0.15) is 6.17 Å². The number of halogens is 3. The van der Waals surface area contributed by atoms with Crippen LogP contribution in [0.25, 0.3) is 0 Å². The van der Waals surface area contributed by atoms with Crippen LogP contribution in [-0.4, -0.2) is 21.0 Å². The molecule has 206 valence electrons. The molecule has 1 aromatic rings. The highest BCUT2D eigenvalue weighted by molar-refractivity contribution is 7.80. The Labute approximate surface area is 240 Å². The molecule has 0 bridgehead atoms. The zero-order valence-corrected chi connectivity index (χ0v) is 25.2. The average molecular weight is 579 g/mol. The van der Waals surface area contributed by atoms with Crippen LogP contribution < -0.4 is 16.0 Å². The lowest BCUT2D eigenvalue weighted by Gasteiger charge is -2.27. The maximum absolute atomic E-state index is 12.4. The monoisotopic (exact) mass is 577 g/mol. The fourth-order valence-corrected chi connectivity index (χ4v) is 4.67. The lowest BCUT2D eigenvalue weighted by Crippen LogP contribution is -2.56. The zero-order valence-electron chi connectivity index (χ0n) is 22.2. The Bertz CT molecular complexity index is 743. The fraction of sp³-hybridized carbons (Fsp3) is 0.714. The van der Waals surface area contributed by atoms with Crippen LogP contribution in [0, 0.1) is 6.92 Å². The van der Waals surface area contributed by atoms with Crippen molar-refractivity contribution in [3.63, 3.8) is 0 Å². The minimum absolute atomic E-state index is 0.160. The van der Waals surface area contributed by atoms with Gasteiger partial charge in [-0.3, -0.25) is 4.79 Å². The van der Waals surface area contributed by atoms with Gasteiger partial charge in [-0.25, -0.2) is 0 Å². The van der Waals surface area contributed by atoms with Crippen molar-refractivity contribution in [2.45, 2.75) is 127 Å². The summed E-state index contributed by atoms with van der Waals surface area (Å²) in [6.45, 7) is 4.26. The molecule has 0 fully saturated rings. The third-order valence-corrected chi connectivity index (χ3v) is 7.07. The summed E-state index contributed by atoms with van der Waals surface area (Å²) in [4.78, 5) is 12.4. The minimum Gasteiger partial charge on any atom is -0.339 e. The van der Waals surface area contributed by atoms with Crippen molar-refractivity contribution in [1.29, 1.82) is 0 Å². The molecule has 3 N–H and O–H groups in total. The number of amides is 1. The van der Waals surface area contributed by atoms with Gasteiger partial charge in [-0.1, -0.05) is 144 Å². The second-order valence-electron chi connectivity index (χ2n) is 9.71. The molecule has 1 rings (SSSR count). The number of carbonyl (C=O) groups excluding carboxylic acids is 1. The second kappa shape index (κ2) is 20.2. The van der Waals surface area contributed by atoms with E-state index < -0.39 is 9.96 Å². The number of nitrogens with one attached hydrogen (secondary N) is 3. The molecule has 1 amide bonds. The molecular formula is C28H46Cl3N3OS. The number of rotatable bonds is 19. The molecule has 0 saturated carbocycles. The van der Waals surface area contributed by atoms with Gasteiger partial charge in [-0.2, -0.15) is 0 Å². The number of benzene rings is 1. The first-order valence-electron chi connectivity index (χ1n) is 13.7. The standard InChI is InChI=1S/C28H46Cl3N3OS/c1-3-4-5-6-7-8-9-10-11-12-13-14-15-16-17-21-25(35)33-26(28(29,30)31)34-27(36)32-24-20-18-19-23(2)22-24/h18-20,22,26H,3-17,21H2,1-2H3,(H,33,35)(H2,32,34,36)/t26-/m1/s1. The smallest absolute Gasteiger partial charge is 0.228 e. The summed E-state index contributed by atoms with van der Waals surface area (Å²) in [5.74, 6) is -0.160.